The van der Waals surface area contributed by atoms with Gasteiger partial charge in [-0.15, -0.1) is 0 Å². The van der Waals surface area contributed by atoms with E-state index in [9.17, 15) is 39.5 Å². The van der Waals surface area contributed by atoms with Crippen molar-refractivity contribution in [2.75, 3.05) is 13.6 Å². The van der Waals surface area contributed by atoms with Gasteiger partial charge in [-0.1, -0.05) is 0 Å². The highest BCUT2D eigenvalue weighted by Crippen LogP contribution is 2.52. The Kier molecular flexibility index (Phi) is 5.51. The molecule has 20 heavy (non-hydrogen) atoms. The Bertz CT molecular complexity index is 354. The van der Waals surface area contributed by atoms with Gasteiger partial charge in [0.15, 0.2) is 5.11 Å². The van der Waals surface area contributed by atoms with Crippen LogP contribution < -0.4 is 16.2 Å². The minimum absolute atomic E-state index is 0.369. The fourth-order valence-corrected chi connectivity index (χ4v) is 0.889. The molecule has 0 bridgehead atoms. The van der Waals surface area contributed by atoms with Gasteiger partial charge in [0.25, 0.3) is 0 Å². The van der Waals surface area contributed by atoms with E-state index in [1.807, 2.05) is 0 Å². The van der Waals surface area contributed by atoms with Crippen LogP contribution >= 0.6 is 12.2 Å². The summed E-state index contributed by atoms with van der Waals surface area (Å²) in [4.78, 5) is 0. The van der Waals surface area contributed by atoms with Gasteiger partial charge < -0.3 is 5.32 Å². The fourth-order valence-electron chi connectivity index (χ4n) is 0.817. The number of rotatable bonds is 5. The quantitative estimate of drug-likeness (QED) is 0.408. The lowest BCUT2D eigenvalue weighted by molar-refractivity contribution is -0.394. The Labute approximate surface area is 111 Å². The summed E-state index contributed by atoms with van der Waals surface area (Å²) < 4.78 is 111. The third kappa shape index (κ3) is 3.56. The third-order valence-corrected chi connectivity index (χ3v) is 2.26. The van der Waals surface area contributed by atoms with E-state index in [0.717, 1.165) is 0 Å². The van der Waals surface area contributed by atoms with Gasteiger partial charge >= 0.3 is 23.9 Å². The molecule has 120 valence electrons. The molecular formula is C7H8F9N3S. The molecule has 0 unspecified atom stereocenters. The number of hydrazine groups is 1. The lowest BCUT2D eigenvalue weighted by atomic mass is 10.0. The normalized spacial score (nSPS) is 14.1. The molecule has 0 amide bonds. The van der Waals surface area contributed by atoms with Gasteiger partial charge in [0.05, 0.1) is 6.54 Å². The minimum atomic E-state index is -6.89. The fraction of sp³-hybridized carbons (Fsp3) is 0.857. The van der Waals surface area contributed by atoms with Crippen LogP contribution in [0, 0.1) is 0 Å². The van der Waals surface area contributed by atoms with Gasteiger partial charge in [-0.3, -0.25) is 5.43 Å². The highest BCUT2D eigenvalue weighted by atomic mass is 32.1. The van der Waals surface area contributed by atoms with E-state index in [-0.39, 0.29) is 5.11 Å². The molecule has 3 N–H and O–H groups in total. The molecular weight excluding hydrogens is 329 g/mol. The van der Waals surface area contributed by atoms with Crippen LogP contribution in [0.4, 0.5) is 39.5 Å². The molecule has 0 aliphatic rings. The average molecular weight is 337 g/mol. The van der Waals surface area contributed by atoms with Crippen molar-refractivity contribution in [3.8, 4) is 0 Å². The second-order valence-electron chi connectivity index (χ2n) is 3.41. The average Bonchev–Trinajstić information content (AvgIpc) is 2.26. The van der Waals surface area contributed by atoms with Crippen LogP contribution in [0.5, 0.6) is 0 Å². The monoisotopic (exact) mass is 337 g/mol. The summed E-state index contributed by atoms with van der Waals surface area (Å²) in [5.41, 5.74) is 3.00. The number of thiocarbonyl (C=S) groups is 1. The van der Waals surface area contributed by atoms with Crippen molar-refractivity contribution in [1.29, 1.82) is 0 Å². The zero-order valence-corrected chi connectivity index (χ0v) is 10.3. The van der Waals surface area contributed by atoms with Gasteiger partial charge in [0.2, 0.25) is 0 Å². The van der Waals surface area contributed by atoms with Crippen molar-refractivity contribution in [3.63, 3.8) is 0 Å². The zero-order chi connectivity index (χ0) is 16.4. The summed E-state index contributed by atoms with van der Waals surface area (Å²) in [6.45, 7) is -2.21. The first kappa shape index (κ1) is 19.0. The van der Waals surface area contributed by atoms with Crippen LogP contribution in [0.1, 0.15) is 0 Å². The number of hydrogen-bond acceptors (Lipinski definition) is 2. The van der Waals surface area contributed by atoms with Crippen LogP contribution in [0.2, 0.25) is 0 Å². The van der Waals surface area contributed by atoms with Gasteiger partial charge in [0, 0.05) is 7.05 Å². The summed E-state index contributed by atoms with van der Waals surface area (Å²) in [5.74, 6) is -19.2. The topological polar surface area (TPSA) is 36.1 Å². The Morgan fingerprint density at radius 1 is 0.900 bits per heavy atom. The first-order valence-corrected chi connectivity index (χ1v) is 5.02. The molecule has 0 atom stereocenters. The predicted molar refractivity (Wildman–Crippen MR) is 53.7 cm³/mol. The van der Waals surface area contributed by atoms with Crippen molar-refractivity contribution in [2.45, 2.75) is 23.9 Å². The maximum Gasteiger partial charge on any atom is 0.460 e. The molecule has 0 aliphatic carbocycles. The molecule has 0 saturated carbocycles. The van der Waals surface area contributed by atoms with E-state index >= 15 is 0 Å². The lowest BCUT2D eigenvalue weighted by Crippen LogP contribution is -2.64. The van der Waals surface area contributed by atoms with Crippen LogP contribution in [0.25, 0.3) is 0 Å². The van der Waals surface area contributed by atoms with Crippen LogP contribution in [-0.4, -0.2) is 42.6 Å². The summed E-state index contributed by atoms with van der Waals surface area (Å²) >= 11 is 4.32. The number of halogens is 9. The molecule has 0 saturated heterocycles. The molecule has 0 aromatic rings. The summed E-state index contributed by atoms with van der Waals surface area (Å²) in [5, 5.41) is 1.77. The van der Waals surface area contributed by atoms with E-state index in [1.54, 1.807) is 5.43 Å². The lowest BCUT2D eigenvalue weighted by Gasteiger charge is -2.33. The molecule has 0 aromatic carbocycles. The number of nitrogens with one attached hydrogen (secondary N) is 3. The first-order valence-electron chi connectivity index (χ1n) is 4.61. The standard InChI is InChI=1S/C7H8F9N3S/c1-17-3(20)19-18-2-4(8,9)5(10,11)6(12,13)7(14,15)16/h18H,2H2,1H3,(H2,17,19,20). The largest absolute Gasteiger partial charge is 0.460 e. The summed E-state index contributed by atoms with van der Waals surface area (Å²) in [6, 6.07) is 0. The second-order valence-corrected chi connectivity index (χ2v) is 3.82. The maximum atomic E-state index is 12.9. The summed E-state index contributed by atoms with van der Waals surface area (Å²) in [6.07, 6.45) is -6.83. The Morgan fingerprint density at radius 2 is 1.35 bits per heavy atom. The molecule has 0 heterocycles. The zero-order valence-electron chi connectivity index (χ0n) is 9.52. The Morgan fingerprint density at radius 3 is 1.70 bits per heavy atom. The third-order valence-electron chi connectivity index (χ3n) is 1.95. The molecule has 0 rings (SSSR count). The highest BCUT2D eigenvalue weighted by molar-refractivity contribution is 7.80. The van der Waals surface area contributed by atoms with Crippen molar-refractivity contribution in [2.24, 2.45) is 0 Å². The van der Waals surface area contributed by atoms with Gasteiger partial charge in [-0.05, 0) is 12.2 Å². The molecule has 13 heteroatoms. The van der Waals surface area contributed by atoms with Crippen molar-refractivity contribution < 1.29 is 39.5 Å². The van der Waals surface area contributed by atoms with Crippen molar-refractivity contribution in [1.82, 2.24) is 16.2 Å². The predicted octanol–water partition coefficient (Wildman–Crippen LogP) is 2.05. The van der Waals surface area contributed by atoms with E-state index in [4.69, 9.17) is 0 Å². The molecule has 0 radical (unpaired) electrons. The van der Waals surface area contributed by atoms with E-state index in [2.05, 4.69) is 17.5 Å². The van der Waals surface area contributed by atoms with Crippen molar-refractivity contribution >= 4 is 17.3 Å². The van der Waals surface area contributed by atoms with Gasteiger partial charge in [-0.2, -0.15) is 39.5 Å². The van der Waals surface area contributed by atoms with E-state index in [1.165, 1.54) is 12.5 Å². The van der Waals surface area contributed by atoms with E-state index < -0.39 is 30.5 Å². The molecule has 3 nitrogen and oxygen atoms in total. The van der Waals surface area contributed by atoms with Crippen molar-refractivity contribution in [3.05, 3.63) is 0 Å². The van der Waals surface area contributed by atoms with Crippen LogP contribution in [0.15, 0.2) is 0 Å². The summed E-state index contributed by atoms with van der Waals surface area (Å²) in [7, 11) is 1.21. The maximum absolute atomic E-state index is 12.9. The minimum Gasteiger partial charge on any atom is -0.365 e. The molecule has 0 fully saturated rings. The molecule has 0 aromatic heterocycles. The van der Waals surface area contributed by atoms with Crippen LogP contribution in [-0.2, 0) is 0 Å². The number of alkyl halides is 9. The highest BCUT2D eigenvalue weighted by Gasteiger charge is 2.81. The molecule has 0 aliphatic heterocycles. The SMILES string of the molecule is CNC(=S)NNCC(F)(F)C(F)(F)C(F)(F)C(F)(F)F. The Balaban J connectivity index is 5.03. The Hall–Kier alpha value is -0.980. The smallest absolute Gasteiger partial charge is 0.365 e. The van der Waals surface area contributed by atoms with Gasteiger partial charge in [-0.25, -0.2) is 5.43 Å². The van der Waals surface area contributed by atoms with Gasteiger partial charge in [0.1, 0.15) is 0 Å². The van der Waals surface area contributed by atoms with E-state index in [0.29, 0.717) is 0 Å². The molecule has 0 spiro atoms. The second kappa shape index (κ2) is 5.79. The first-order chi connectivity index (χ1) is 8.70. The number of hydrogen-bond donors (Lipinski definition) is 3. The van der Waals surface area contributed by atoms with Crippen LogP contribution in [0.3, 0.4) is 0 Å².